The zero-order valence-corrected chi connectivity index (χ0v) is 12.7. The van der Waals surface area contributed by atoms with Crippen molar-refractivity contribution in [2.45, 2.75) is 20.0 Å². The number of halogens is 2. The molecule has 2 aromatic rings. The van der Waals surface area contributed by atoms with Gasteiger partial charge in [0.2, 0.25) is 0 Å². The van der Waals surface area contributed by atoms with Crippen LogP contribution in [0.15, 0.2) is 28.9 Å². The van der Waals surface area contributed by atoms with Gasteiger partial charge >= 0.3 is 6.09 Å². The molecule has 1 N–H and O–H groups in total. The first-order chi connectivity index (χ1) is 8.97. The minimum absolute atomic E-state index is 0.193. The van der Waals surface area contributed by atoms with E-state index >= 15 is 0 Å². The minimum atomic E-state index is -0.548. The Kier molecular flexibility index (Phi) is 4.27. The molecule has 1 aromatic heterocycles. The number of benzene rings is 1. The van der Waals surface area contributed by atoms with Gasteiger partial charge in [0.15, 0.2) is 0 Å². The Hall–Kier alpha value is -1.33. The van der Waals surface area contributed by atoms with Crippen LogP contribution >= 0.6 is 27.5 Å². The van der Waals surface area contributed by atoms with E-state index < -0.39 is 6.09 Å². The molecule has 0 aliphatic heterocycles. The third kappa shape index (κ3) is 3.36. The first-order valence-electron chi connectivity index (χ1n) is 5.69. The van der Waals surface area contributed by atoms with E-state index in [1.165, 1.54) is 6.20 Å². The third-order valence-corrected chi connectivity index (χ3v) is 3.24. The Morgan fingerprint density at radius 2 is 2.21 bits per heavy atom. The van der Waals surface area contributed by atoms with Crippen LogP contribution in [-0.2, 0) is 4.74 Å². The fourth-order valence-corrected chi connectivity index (χ4v) is 2.18. The van der Waals surface area contributed by atoms with Crippen LogP contribution in [0.2, 0.25) is 5.02 Å². The van der Waals surface area contributed by atoms with E-state index in [2.05, 4.69) is 26.2 Å². The number of hydrogen-bond acceptors (Lipinski definition) is 3. The van der Waals surface area contributed by atoms with Crippen LogP contribution in [0.4, 0.5) is 10.5 Å². The van der Waals surface area contributed by atoms with Crippen LogP contribution in [0, 0.1) is 0 Å². The van der Waals surface area contributed by atoms with E-state index in [1.54, 1.807) is 13.8 Å². The van der Waals surface area contributed by atoms with Gasteiger partial charge in [-0.05, 0) is 32.0 Å². The van der Waals surface area contributed by atoms with E-state index in [1.807, 2.05) is 18.2 Å². The van der Waals surface area contributed by atoms with Crippen molar-refractivity contribution in [1.29, 1.82) is 0 Å². The predicted molar refractivity (Wildman–Crippen MR) is 79.7 cm³/mol. The molecule has 0 radical (unpaired) electrons. The predicted octanol–water partition coefficient (Wildman–Crippen LogP) is 4.61. The van der Waals surface area contributed by atoms with Crippen LogP contribution in [-0.4, -0.2) is 17.2 Å². The number of carbonyl (C=O) groups is 1. The molecule has 0 bridgehead atoms. The molecule has 4 nitrogen and oxygen atoms in total. The fraction of sp³-hybridized carbons (Fsp3) is 0.231. The SMILES string of the molecule is CC(C)OC(=O)Nc1cnc2ccc(Br)cc2c1Cl. The molecule has 0 aliphatic rings. The van der Waals surface area contributed by atoms with Crippen molar-refractivity contribution >= 4 is 50.2 Å². The molecule has 1 heterocycles. The van der Waals surface area contributed by atoms with E-state index in [9.17, 15) is 4.79 Å². The topological polar surface area (TPSA) is 51.2 Å². The number of pyridine rings is 1. The maximum Gasteiger partial charge on any atom is 0.411 e. The van der Waals surface area contributed by atoms with Crippen LogP contribution < -0.4 is 5.32 Å². The number of nitrogens with zero attached hydrogens (tertiary/aromatic N) is 1. The summed E-state index contributed by atoms with van der Waals surface area (Å²) in [7, 11) is 0. The highest BCUT2D eigenvalue weighted by Crippen LogP contribution is 2.31. The monoisotopic (exact) mass is 342 g/mol. The molecule has 2 rings (SSSR count). The Bertz CT molecular complexity index is 631. The highest BCUT2D eigenvalue weighted by atomic mass is 79.9. The lowest BCUT2D eigenvalue weighted by atomic mass is 10.2. The molecule has 0 spiro atoms. The molecule has 0 atom stereocenters. The highest BCUT2D eigenvalue weighted by Gasteiger charge is 2.11. The summed E-state index contributed by atoms with van der Waals surface area (Å²) >= 11 is 9.64. The number of carbonyl (C=O) groups excluding carboxylic acids is 1. The maximum absolute atomic E-state index is 11.5. The summed E-state index contributed by atoms with van der Waals surface area (Å²) in [5, 5.41) is 3.78. The summed E-state index contributed by atoms with van der Waals surface area (Å²) in [6.07, 6.45) is 0.773. The molecule has 0 saturated carbocycles. The highest BCUT2D eigenvalue weighted by molar-refractivity contribution is 9.10. The number of fused-ring (bicyclic) bond motifs is 1. The van der Waals surface area contributed by atoms with Crippen molar-refractivity contribution in [2.75, 3.05) is 5.32 Å². The molecule has 0 unspecified atom stereocenters. The van der Waals surface area contributed by atoms with Gasteiger partial charge in [-0.3, -0.25) is 10.3 Å². The second-order valence-electron chi connectivity index (χ2n) is 4.23. The largest absolute Gasteiger partial charge is 0.447 e. The summed E-state index contributed by atoms with van der Waals surface area (Å²) in [5.74, 6) is 0. The van der Waals surface area contributed by atoms with Gasteiger partial charge < -0.3 is 4.74 Å². The van der Waals surface area contributed by atoms with Crippen molar-refractivity contribution in [2.24, 2.45) is 0 Å². The third-order valence-electron chi connectivity index (χ3n) is 2.34. The smallest absolute Gasteiger partial charge is 0.411 e. The zero-order chi connectivity index (χ0) is 14.0. The van der Waals surface area contributed by atoms with Gasteiger partial charge in [0.25, 0.3) is 0 Å². The van der Waals surface area contributed by atoms with Crippen LogP contribution in [0.3, 0.4) is 0 Å². The summed E-state index contributed by atoms with van der Waals surface area (Å²) in [4.78, 5) is 15.8. The van der Waals surface area contributed by atoms with E-state index in [-0.39, 0.29) is 6.10 Å². The number of nitrogens with one attached hydrogen (secondary N) is 1. The van der Waals surface area contributed by atoms with Crippen molar-refractivity contribution in [1.82, 2.24) is 4.98 Å². The molecular weight excluding hydrogens is 332 g/mol. The lowest BCUT2D eigenvalue weighted by molar-refractivity contribution is 0.130. The average molecular weight is 344 g/mol. The van der Waals surface area contributed by atoms with E-state index in [0.717, 1.165) is 15.4 Å². The second-order valence-corrected chi connectivity index (χ2v) is 5.52. The summed E-state index contributed by atoms with van der Waals surface area (Å²) in [5.41, 5.74) is 1.19. The van der Waals surface area contributed by atoms with Gasteiger partial charge in [0.05, 0.1) is 28.5 Å². The van der Waals surface area contributed by atoms with Crippen LogP contribution in [0.25, 0.3) is 10.9 Å². The normalized spacial score (nSPS) is 10.8. The molecule has 1 aromatic carbocycles. The Morgan fingerprint density at radius 1 is 1.47 bits per heavy atom. The zero-order valence-electron chi connectivity index (χ0n) is 10.4. The molecule has 100 valence electrons. The molecule has 0 saturated heterocycles. The van der Waals surface area contributed by atoms with Gasteiger partial charge in [0, 0.05) is 9.86 Å². The molecule has 6 heteroatoms. The molecule has 0 aliphatic carbocycles. The average Bonchev–Trinajstić information content (AvgIpc) is 2.32. The van der Waals surface area contributed by atoms with Crippen molar-refractivity contribution in [3.05, 3.63) is 33.9 Å². The summed E-state index contributed by atoms with van der Waals surface area (Å²) in [6.45, 7) is 3.55. The fourth-order valence-electron chi connectivity index (χ4n) is 1.57. The number of amides is 1. The minimum Gasteiger partial charge on any atom is -0.447 e. The number of rotatable bonds is 2. The molecule has 1 amide bonds. The quantitative estimate of drug-likeness (QED) is 0.866. The van der Waals surface area contributed by atoms with Crippen LogP contribution in [0.1, 0.15) is 13.8 Å². The standard InChI is InChI=1S/C13H12BrClN2O2/c1-7(2)19-13(18)17-11-6-16-10-4-3-8(14)5-9(10)12(11)15/h3-7H,1-2H3,(H,17,18). The Balaban J connectivity index is 2.34. The van der Waals surface area contributed by atoms with Crippen molar-refractivity contribution in [3.63, 3.8) is 0 Å². The molecule has 19 heavy (non-hydrogen) atoms. The first kappa shape index (κ1) is 14.1. The molecule has 0 fully saturated rings. The van der Waals surface area contributed by atoms with Gasteiger partial charge in [-0.2, -0.15) is 0 Å². The lowest BCUT2D eigenvalue weighted by Crippen LogP contribution is -2.18. The number of anilines is 1. The lowest BCUT2D eigenvalue weighted by Gasteiger charge is -2.11. The maximum atomic E-state index is 11.5. The van der Waals surface area contributed by atoms with Gasteiger partial charge in [-0.15, -0.1) is 0 Å². The second kappa shape index (κ2) is 5.75. The van der Waals surface area contributed by atoms with Gasteiger partial charge in [0.1, 0.15) is 0 Å². The first-order valence-corrected chi connectivity index (χ1v) is 6.86. The van der Waals surface area contributed by atoms with E-state index in [4.69, 9.17) is 16.3 Å². The Morgan fingerprint density at radius 3 is 2.89 bits per heavy atom. The van der Waals surface area contributed by atoms with Crippen LogP contribution in [0.5, 0.6) is 0 Å². The Labute approximate surface area is 124 Å². The van der Waals surface area contributed by atoms with E-state index in [0.29, 0.717) is 10.7 Å². The number of hydrogen-bond donors (Lipinski definition) is 1. The summed E-state index contributed by atoms with van der Waals surface area (Å²) in [6, 6.07) is 5.58. The van der Waals surface area contributed by atoms with Gasteiger partial charge in [-0.25, -0.2) is 4.79 Å². The summed E-state index contributed by atoms with van der Waals surface area (Å²) < 4.78 is 5.89. The molecular formula is C13H12BrClN2O2. The number of ether oxygens (including phenoxy) is 1. The van der Waals surface area contributed by atoms with Crippen molar-refractivity contribution in [3.8, 4) is 0 Å². The number of aromatic nitrogens is 1. The van der Waals surface area contributed by atoms with Crippen molar-refractivity contribution < 1.29 is 9.53 Å². The van der Waals surface area contributed by atoms with Gasteiger partial charge in [-0.1, -0.05) is 27.5 Å².